The molecule has 2 aliphatic rings. The van der Waals surface area contributed by atoms with Crippen LogP contribution in [0.25, 0.3) is 22.6 Å². The summed E-state index contributed by atoms with van der Waals surface area (Å²) in [6.45, 7) is 4.32. The second kappa shape index (κ2) is 8.43. The van der Waals surface area contributed by atoms with E-state index in [9.17, 15) is 14.0 Å². The van der Waals surface area contributed by atoms with Crippen molar-refractivity contribution in [2.75, 3.05) is 18.9 Å². The number of carbonyl (C=O) groups excluding carboxylic acids is 2. The number of rotatable bonds is 6. The molecule has 1 N–H and O–H groups in total. The number of pyridine rings is 1. The minimum atomic E-state index is -0.965. The molecular weight excluding hydrogens is 473 g/mol. The number of nitrogens with zero attached hydrogens (tertiary/aromatic N) is 6. The fourth-order valence-electron chi connectivity index (χ4n) is 4.81. The summed E-state index contributed by atoms with van der Waals surface area (Å²) in [7, 11) is 1.76. The maximum Gasteiger partial charge on any atom is 0.272 e. The van der Waals surface area contributed by atoms with Gasteiger partial charge in [0.25, 0.3) is 5.91 Å². The van der Waals surface area contributed by atoms with E-state index in [0.29, 0.717) is 46.1 Å². The standard InChI is InChI=1S/C27H26FN7O2/c1-27(2)19-21(25(36)34(3)13-15-10-11-15)30-23(31-22(19)32-26(27)37)20-17-8-6-12-29-24(17)35(33-20)14-16-7-4-5-9-18(16)28/h4-9,12,15H,10-11,13-14H2,1-3H3,(H,30,31,32,37). The molecule has 9 nitrogen and oxygen atoms in total. The molecule has 0 radical (unpaired) electrons. The topological polar surface area (TPSA) is 106 Å². The molecule has 37 heavy (non-hydrogen) atoms. The van der Waals surface area contributed by atoms with Gasteiger partial charge in [-0.25, -0.2) is 24.0 Å². The number of hydrogen-bond acceptors (Lipinski definition) is 6. The monoisotopic (exact) mass is 499 g/mol. The van der Waals surface area contributed by atoms with Crippen molar-refractivity contribution in [1.29, 1.82) is 0 Å². The Kier molecular flexibility index (Phi) is 5.29. The van der Waals surface area contributed by atoms with E-state index in [0.717, 1.165) is 12.8 Å². The lowest BCUT2D eigenvalue weighted by molar-refractivity contribution is -0.119. The highest BCUT2D eigenvalue weighted by Crippen LogP contribution is 2.40. The van der Waals surface area contributed by atoms with Crippen LogP contribution in [0.5, 0.6) is 0 Å². The van der Waals surface area contributed by atoms with E-state index >= 15 is 0 Å². The lowest BCUT2D eigenvalue weighted by Crippen LogP contribution is -2.34. The molecule has 0 bridgehead atoms. The van der Waals surface area contributed by atoms with Crippen molar-refractivity contribution in [1.82, 2.24) is 29.6 Å². The second-order valence-electron chi connectivity index (χ2n) is 10.3. The highest BCUT2D eigenvalue weighted by molar-refractivity contribution is 6.09. The quantitative estimate of drug-likeness (QED) is 0.433. The van der Waals surface area contributed by atoms with Crippen LogP contribution < -0.4 is 5.32 Å². The first-order valence-corrected chi connectivity index (χ1v) is 12.3. The summed E-state index contributed by atoms with van der Waals surface area (Å²) < 4.78 is 16.0. The number of nitrogens with one attached hydrogen (secondary N) is 1. The van der Waals surface area contributed by atoms with Gasteiger partial charge < -0.3 is 10.2 Å². The van der Waals surface area contributed by atoms with Gasteiger partial charge in [0.1, 0.15) is 23.0 Å². The van der Waals surface area contributed by atoms with Crippen molar-refractivity contribution in [3.63, 3.8) is 0 Å². The zero-order valence-electron chi connectivity index (χ0n) is 20.8. The lowest BCUT2D eigenvalue weighted by atomic mass is 9.85. The molecule has 4 aromatic rings. The van der Waals surface area contributed by atoms with Gasteiger partial charge in [0.2, 0.25) is 5.91 Å². The number of aromatic nitrogens is 5. The number of halogens is 1. The highest BCUT2D eigenvalue weighted by atomic mass is 19.1. The van der Waals surface area contributed by atoms with Crippen LogP contribution in [0.15, 0.2) is 42.6 Å². The minimum absolute atomic E-state index is 0.158. The number of anilines is 1. The molecule has 1 aliphatic carbocycles. The van der Waals surface area contributed by atoms with Gasteiger partial charge in [-0.2, -0.15) is 5.10 Å². The largest absolute Gasteiger partial charge is 0.340 e. The summed E-state index contributed by atoms with van der Waals surface area (Å²) in [5, 5.41) is 8.19. The first-order chi connectivity index (χ1) is 17.7. The van der Waals surface area contributed by atoms with Gasteiger partial charge in [0.05, 0.1) is 17.3 Å². The maximum atomic E-state index is 14.4. The smallest absolute Gasteiger partial charge is 0.272 e. The molecule has 10 heteroatoms. The molecule has 3 aromatic heterocycles. The fraction of sp³-hybridized carbons (Fsp3) is 0.333. The van der Waals surface area contributed by atoms with Crippen LogP contribution in [0, 0.1) is 11.7 Å². The van der Waals surface area contributed by atoms with Crippen molar-refractivity contribution in [2.45, 2.75) is 38.6 Å². The van der Waals surface area contributed by atoms with Crippen LogP contribution in [-0.4, -0.2) is 55.0 Å². The Morgan fingerprint density at radius 2 is 1.97 bits per heavy atom. The van der Waals surface area contributed by atoms with Gasteiger partial charge in [-0.15, -0.1) is 0 Å². The van der Waals surface area contributed by atoms with Crippen molar-refractivity contribution in [3.8, 4) is 11.5 Å². The Bertz CT molecular complexity index is 1570. The van der Waals surface area contributed by atoms with Crippen molar-refractivity contribution in [3.05, 3.63) is 65.2 Å². The molecule has 188 valence electrons. The third kappa shape index (κ3) is 3.92. The van der Waals surface area contributed by atoms with Crippen LogP contribution >= 0.6 is 0 Å². The van der Waals surface area contributed by atoms with E-state index in [2.05, 4.69) is 15.3 Å². The van der Waals surface area contributed by atoms with Gasteiger partial charge in [-0.05, 0) is 50.8 Å². The average molecular weight is 500 g/mol. The van der Waals surface area contributed by atoms with Crippen LogP contribution in [0.4, 0.5) is 10.2 Å². The zero-order valence-corrected chi connectivity index (χ0v) is 20.8. The summed E-state index contributed by atoms with van der Waals surface area (Å²) in [5.41, 5.74) is 1.11. The molecule has 4 heterocycles. The van der Waals surface area contributed by atoms with Crippen LogP contribution in [0.3, 0.4) is 0 Å². The summed E-state index contributed by atoms with van der Waals surface area (Å²) in [6.07, 6.45) is 3.85. The van der Waals surface area contributed by atoms with E-state index in [1.165, 1.54) is 6.07 Å². The first kappa shape index (κ1) is 23.2. The van der Waals surface area contributed by atoms with E-state index in [4.69, 9.17) is 10.1 Å². The van der Waals surface area contributed by atoms with Gasteiger partial charge in [-0.3, -0.25) is 9.59 Å². The molecule has 1 saturated carbocycles. The second-order valence-corrected chi connectivity index (χ2v) is 10.3. The number of benzene rings is 1. The highest BCUT2D eigenvalue weighted by Gasteiger charge is 2.44. The third-order valence-electron chi connectivity index (χ3n) is 7.11. The molecule has 1 aromatic carbocycles. The SMILES string of the molecule is CN(CC1CC1)C(=O)c1nc(-c2nn(Cc3ccccc3F)c3ncccc23)nc2c1C(C)(C)C(=O)N2. The predicted octanol–water partition coefficient (Wildman–Crippen LogP) is 3.79. The van der Waals surface area contributed by atoms with E-state index in [1.54, 1.807) is 60.9 Å². The molecule has 1 fully saturated rings. The first-order valence-electron chi connectivity index (χ1n) is 12.3. The average Bonchev–Trinajstić information content (AvgIpc) is 3.57. The number of amides is 2. The molecule has 2 amide bonds. The Morgan fingerprint density at radius 1 is 1.19 bits per heavy atom. The summed E-state index contributed by atoms with van der Waals surface area (Å²) in [4.78, 5) is 41.9. The molecule has 6 rings (SSSR count). The molecular formula is C27H26FN7O2. The molecule has 0 unspecified atom stereocenters. The van der Waals surface area contributed by atoms with Crippen molar-refractivity contribution < 1.29 is 14.0 Å². The van der Waals surface area contributed by atoms with Crippen molar-refractivity contribution in [2.24, 2.45) is 5.92 Å². The Morgan fingerprint density at radius 3 is 2.73 bits per heavy atom. The molecule has 0 atom stereocenters. The minimum Gasteiger partial charge on any atom is -0.340 e. The zero-order chi connectivity index (χ0) is 25.9. The Hall–Kier alpha value is -4.21. The summed E-state index contributed by atoms with van der Waals surface area (Å²) in [6, 6.07) is 10.1. The van der Waals surface area contributed by atoms with E-state index in [-0.39, 0.29) is 35.7 Å². The van der Waals surface area contributed by atoms with Crippen LogP contribution in [-0.2, 0) is 16.8 Å². The van der Waals surface area contributed by atoms with Crippen LogP contribution in [0.1, 0.15) is 48.3 Å². The Labute approximate surface area is 212 Å². The van der Waals surface area contributed by atoms with Gasteiger partial charge >= 0.3 is 0 Å². The molecule has 0 spiro atoms. The number of carbonyl (C=O) groups is 2. The fourth-order valence-corrected chi connectivity index (χ4v) is 4.81. The van der Waals surface area contributed by atoms with E-state index < -0.39 is 5.41 Å². The third-order valence-corrected chi connectivity index (χ3v) is 7.11. The van der Waals surface area contributed by atoms with Gasteiger partial charge in [0, 0.05) is 30.9 Å². The summed E-state index contributed by atoms with van der Waals surface area (Å²) >= 11 is 0. The summed E-state index contributed by atoms with van der Waals surface area (Å²) in [5.74, 6) is 0.164. The molecule has 1 aliphatic heterocycles. The van der Waals surface area contributed by atoms with Gasteiger partial charge in [-0.1, -0.05) is 18.2 Å². The normalized spacial score (nSPS) is 16.1. The van der Waals surface area contributed by atoms with Gasteiger partial charge in [0.15, 0.2) is 11.5 Å². The predicted molar refractivity (Wildman–Crippen MR) is 135 cm³/mol. The maximum absolute atomic E-state index is 14.4. The van der Waals surface area contributed by atoms with Crippen LogP contribution in [0.2, 0.25) is 0 Å². The number of hydrogen-bond donors (Lipinski definition) is 1. The molecule has 0 saturated heterocycles. The van der Waals surface area contributed by atoms with E-state index in [1.807, 2.05) is 6.07 Å². The lowest BCUT2D eigenvalue weighted by Gasteiger charge is -2.22. The number of fused-ring (bicyclic) bond motifs is 2. The Balaban J connectivity index is 1.50. The van der Waals surface area contributed by atoms with Crippen molar-refractivity contribution >= 4 is 28.7 Å².